The lowest BCUT2D eigenvalue weighted by molar-refractivity contribution is -0.0177. The van der Waals surface area contributed by atoms with Crippen LogP contribution in [-0.2, 0) is 6.42 Å². The van der Waals surface area contributed by atoms with E-state index in [0.29, 0.717) is 22.6 Å². The van der Waals surface area contributed by atoms with Crippen molar-refractivity contribution in [1.29, 1.82) is 5.26 Å². The van der Waals surface area contributed by atoms with Gasteiger partial charge in [-0.3, -0.25) is 4.90 Å². The zero-order chi connectivity index (χ0) is 23.6. The summed E-state index contributed by atoms with van der Waals surface area (Å²) in [5, 5.41) is 20.9. The van der Waals surface area contributed by atoms with Crippen LogP contribution in [0, 0.1) is 28.9 Å². The Hall–Kier alpha value is -2.78. The SMILES string of the molecule is CC(O)(Cc1cc(F)cc(F)c1)CC1CN(C(c2ccc(Cl)cc2)c2cccc(C#N)c2)C1. The number of nitriles is 1. The van der Waals surface area contributed by atoms with Gasteiger partial charge in [0, 0.05) is 30.6 Å². The molecule has 2 atom stereocenters. The van der Waals surface area contributed by atoms with E-state index >= 15 is 0 Å². The highest BCUT2D eigenvalue weighted by Gasteiger charge is 2.38. The first kappa shape index (κ1) is 23.4. The lowest BCUT2D eigenvalue weighted by Gasteiger charge is -2.47. The fourth-order valence-corrected chi connectivity index (χ4v) is 4.96. The third-order valence-electron chi connectivity index (χ3n) is 6.10. The normalized spacial score (nSPS) is 17.1. The maximum absolute atomic E-state index is 13.5. The Balaban J connectivity index is 1.47. The quantitative estimate of drug-likeness (QED) is 0.472. The molecule has 1 fully saturated rings. The summed E-state index contributed by atoms with van der Waals surface area (Å²) in [5.74, 6) is -1.03. The van der Waals surface area contributed by atoms with Crippen molar-refractivity contribution in [3.05, 3.63) is 106 Å². The van der Waals surface area contributed by atoms with Gasteiger partial charge in [0.05, 0.1) is 23.3 Å². The number of halogens is 3. The predicted molar refractivity (Wildman–Crippen MR) is 125 cm³/mol. The predicted octanol–water partition coefficient (Wildman–Crippen LogP) is 5.89. The molecule has 1 saturated heterocycles. The molecule has 0 amide bonds. The van der Waals surface area contributed by atoms with Crippen LogP contribution in [-0.4, -0.2) is 28.7 Å². The zero-order valence-corrected chi connectivity index (χ0v) is 19.1. The van der Waals surface area contributed by atoms with Crippen molar-refractivity contribution < 1.29 is 13.9 Å². The smallest absolute Gasteiger partial charge is 0.126 e. The largest absolute Gasteiger partial charge is 0.390 e. The highest BCUT2D eigenvalue weighted by Crippen LogP contribution is 2.38. The van der Waals surface area contributed by atoms with Gasteiger partial charge in [-0.1, -0.05) is 35.9 Å². The molecule has 0 bridgehead atoms. The molecule has 3 aromatic rings. The zero-order valence-electron chi connectivity index (χ0n) is 18.3. The minimum Gasteiger partial charge on any atom is -0.390 e. The number of aliphatic hydroxyl groups is 1. The highest BCUT2D eigenvalue weighted by atomic mass is 35.5. The molecule has 170 valence electrons. The third kappa shape index (κ3) is 5.78. The van der Waals surface area contributed by atoms with E-state index in [0.717, 1.165) is 30.3 Å². The molecule has 1 N–H and O–H groups in total. The first-order chi connectivity index (χ1) is 15.7. The molecule has 0 radical (unpaired) electrons. The van der Waals surface area contributed by atoms with Crippen LogP contribution in [0.4, 0.5) is 8.78 Å². The summed E-state index contributed by atoms with van der Waals surface area (Å²) in [5.41, 5.74) is 2.08. The standard InChI is InChI=1S/C27H25ClF2N2O/c1-27(33,13-19-10-24(29)12-25(30)11-19)14-20-16-32(17-20)26(21-5-7-23(28)8-6-21)22-4-2-3-18(9-22)15-31/h2-12,20,26,33H,13-14,16-17H2,1H3. The number of rotatable bonds is 7. The Morgan fingerprint density at radius 3 is 2.36 bits per heavy atom. The molecular formula is C27H25ClF2N2O. The Kier molecular flexibility index (Phi) is 6.81. The molecule has 0 spiro atoms. The molecule has 6 heteroatoms. The Bertz CT molecular complexity index is 1150. The summed E-state index contributed by atoms with van der Waals surface area (Å²) in [4.78, 5) is 2.31. The number of likely N-dealkylation sites (tertiary alicyclic amines) is 1. The molecule has 0 saturated carbocycles. The van der Waals surface area contributed by atoms with Crippen LogP contribution < -0.4 is 0 Å². The number of nitrogens with zero attached hydrogens (tertiary/aromatic N) is 2. The molecule has 1 aliphatic heterocycles. The van der Waals surface area contributed by atoms with E-state index in [1.165, 1.54) is 12.1 Å². The Labute approximate surface area is 197 Å². The van der Waals surface area contributed by atoms with Crippen molar-refractivity contribution in [2.45, 2.75) is 31.4 Å². The van der Waals surface area contributed by atoms with Gasteiger partial charge in [0.15, 0.2) is 0 Å². The van der Waals surface area contributed by atoms with Gasteiger partial charge in [-0.05, 0) is 72.4 Å². The highest BCUT2D eigenvalue weighted by molar-refractivity contribution is 6.30. The fourth-order valence-electron chi connectivity index (χ4n) is 4.83. The van der Waals surface area contributed by atoms with Crippen LogP contribution >= 0.6 is 11.6 Å². The first-order valence-electron chi connectivity index (χ1n) is 10.9. The molecule has 1 aliphatic rings. The maximum Gasteiger partial charge on any atom is 0.126 e. The lowest BCUT2D eigenvalue weighted by atomic mass is 9.81. The van der Waals surface area contributed by atoms with E-state index in [9.17, 15) is 19.1 Å². The minimum atomic E-state index is -1.08. The third-order valence-corrected chi connectivity index (χ3v) is 6.36. The number of benzene rings is 3. The summed E-state index contributed by atoms with van der Waals surface area (Å²) < 4.78 is 27.1. The fraction of sp³-hybridized carbons (Fsp3) is 0.296. The number of hydrogen-bond acceptors (Lipinski definition) is 3. The first-order valence-corrected chi connectivity index (χ1v) is 11.3. The van der Waals surface area contributed by atoms with Crippen molar-refractivity contribution in [2.24, 2.45) is 5.92 Å². The van der Waals surface area contributed by atoms with Crippen molar-refractivity contribution in [1.82, 2.24) is 4.90 Å². The molecule has 4 rings (SSSR count). The lowest BCUT2D eigenvalue weighted by Crippen LogP contribution is -2.51. The van der Waals surface area contributed by atoms with Gasteiger partial charge in [-0.2, -0.15) is 5.26 Å². The van der Waals surface area contributed by atoms with E-state index in [4.69, 9.17) is 11.6 Å². The van der Waals surface area contributed by atoms with E-state index in [1.54, 1.807) is 13.0 Å². The van der Waals surface area contributed by atoms with Gasteiger partial charge in [0.1, 0.15) is 11.6 Å². The van der Waals surface area contributed by atoms with Gasteiger partial charge in [-0.15, -0.1) is 0 Å². The van der Waals surface area contributed by atoms with Crippen LogP contribution in [0.5, 0.6) is 0 Å². The summed E-state index contributed by atoms with van der Waals surface area (Å²) in [6.07, 6.45) is 0.705. The van der Waals surface area contributed by atoms with Crippen molar-refractivity contribution in [2.75, 3.05) is 13.1 Å². The Morgan fingerprint density at radius 1 is 1.06 bits per heavy atom. The van der Waals surface area contributed by atoms with Gasteiger partial charge in [-0.25, -0.2) is 8.78 Å². The molecule has 0 aliphatic carbocycles. The van der Waals surface area contributed by atoms with Gasteiger partial charge in [0.25, 0.3) is 0 Å². The van der Waals surface area contributed by atoms with Crippen molar-refractivity contribution in [3.63, 3.8) is 0 Å². The van der Waals surface area contributed by atoms with Gasteiger partial charge < -0.3 is 5.11 Å². The molecule has 2 unspecified atom stereocenters. The maximum atomic E-state index is 13.5. The van der Waals surface area contributed by atoms with Crippen LogP contribution in [0.25, 0.3) is 0 Å². The average molecular weight is 467 g/mol. The Morgan fingerprint density at radius 2 is 1.73 bits per heavy atom. The van der Waals surface area contributed by atoms with Crippen LogP contribution in [0.3, 0.4) is 0 Å². The minimum absolute atomic E-state index is 0.0333. The van der Waals surface area contributed by atoms with Crippen molar-refractivity contribution in [3.8, 4) is 6.07 Å². The summed E-state index contributed by atoms with van der Waals surface area (Å²) in [6, 6.07) is 20.8. The van der Waals surface area contributed by atoms with Crippen LogP contribution in [0.1, 0.15) is 41.6 Å². The van der Waals surface area contributed by atoms with Crippen molar-refractivity contribution >= 4 is 11.6 Å². The van der Waals surface area contributed by atoms with Gasteiger partial charge in [0.2, 0.25) is 0 Å². The molecule has 3 nitrogen and oxygen atoms in total. The molecule has 0 aromatic heterocycles. The average Bonchev–Trinajstić information content (AvgIpc) is 2.72. The van der Waals surface area contributed by atoms with Crippen LogP contribution in [0.2, 0.25) is 5.02 Å². The summed E-state index contributed by atoms with van der Waals surface area (Å²) in [6.45, 7) is 3.24. The molecule has 1 heterocycles. The molecule has 3 aromatic carbocycles. The second kappa shape index (κ2) is 9.61. The summed E-state index contributed by atoms with van der Waals surface area (Å²) >= 11 is 6.09. The number of hydrogen-bond donors (Lipinski definition) is 1. The van der Waals surface area contributed by atoms with E-state index in [2.05, 4.69) is 11.0 Å². The van der Waals surface area contributed by atoms with Crippen LogP contribution in [0.15, 0.2) is 66.7 Å². The van der Waals surface area contributed by atoms with E-state index < -0.39 is 17.2 Å². The topological polar surface area (TPSA) is 47.3 Å². The van der Waals surface area contributed by atoms with Gasteiger partial charge >= 0.3 is 0 Å². The monoisotopic (exact) mass is 466 g/mol. The van der Waals surface area contributed by atoms with E-state index in [1.807, 2.05) is 42.5 Å². The molecular weight excluding hydrogens is 442 g/mol. The summed E-state index contributed by atoms with van der Waals surface area (Å²) in [7, 11) is 0. The second-order valence-electron chi connectivity index (χ2n) is 9.17. The second-order valence-corrected chi connectivity index (χ2v) is 9.60. The van der Waals surface area contributed by atoms with E-state index in [-0.39, 0.29) is 18.4 Å². The molecule has 33 heavy (non-hydrogen) atoms.